The van der Waals surface area contributed by atoms with Gasteiger partial charge in [0.2, 0.25) is 11.8 Å². The molecule has 0 bridgehead atoms. The van der Waals surface area contributed by atoms with Gasteiger partial charge < -0.3 is 19.8 Å². The van der Waals surface area contributed by atoms with E-state index in [1.54, 1.807) is 4.90 Å². The molecule has 2 aliphatic rings. The van der Waals surface area contributed by atoms with E-state index in [1.807, 2.05) is 37.3 Å². The number of hydrogen-bond acceptors (Lipinski definition) is 5. The van der Waals surface area contributed by atoms with Crippen molar-refractivity contribution in [1.82, 2.24) is 10.1 Å². The van der Waals surface area contributed by atoms with Crippen LogP contribution in [0.4, 0.5) is 5.69 Å². The van der Waals surface area contributed by atoms with Crippen molar-refractivity contribution >= 4 is 17.5 Å². The Balaban J connectivity index is 1.30. The summed E-state index contributed by atoms with van der Waals surface area (Å²) in [5.41, 5.74) is 2.46. The van der Waals surface area contributed by atoms with E-state index in [4.69, 9.17) is 4.52 Å². The number of carbonyl (C=O) groups is 2. The third kappa shape index (κ3) is 4.42. The molecule has 148 valence electrons. The summed E-state index contributed by atoms with van der Waals surface area (Å²) in [6, 6.07) is 9.25. The van der Waals surface area contributed by atoms with Crippen molar-refractivity contribution in [2.75, 3.05) is 18.4 Å². The summed E-state index contributed by atoms with van der Waals surface area (Å²) in [4.78, 5) is 26.1. The van der Waals surface area contributed by atoms with Crippen molar-refractivity contribution in [3.05, 3.63) is 47.3 Å². The molecule has 2 aromatic rings. The van der Waals surface area contributed by atoms with Gasteiger partial charge in [0.05, 0.1) is 18.2 Å². The molecule has 2 atom stereocenters. The van der Waals surface area contributed by atoms with Gasteiger partial charge in [-0.05, 0) is 37.5 Å². The highest BCUT2D eigenvalue weighted by Gasteiger charge is 2.34. The molecular weight excluding hydrogens is 358 g/mol. The fraction of sp³-hybridized carbons (Fsp3) is 0.476. The van der Waals surface area contributed by atoms with E-state index >= 15 is 0 Å². The first-order valence-electron chi connectivity index (χ1n) is 9.76. The van der Waals surface area contributed by atoms with E-state index in [1.165, 1.54) is 0 Å². The molecule has 28 heavy (non-hydrogen) atoms. The van der Waals surface area contributed by atoms with Gasteiger partial charge in [0.25, 0.3) is 0 Å². The van der Waals surface area contributed by atoms with Crippen molar-refractivity contribution in [2.24, 2.45) is 11.8 Å². The highest BCUT2D eigenvalue weighted by Crippen LogP contribution is 2.30. The Hall–Kier alpha value is -2.67. The van der Waals surface area contributed by atoms with Gasteiger partial charge >= 0.3 is 0 Å². The zero-order valence-corrected chi connectivity index (χ0v) is 15.9. The monoisotopic (exact) mass is 383 g/mol. The van der Waals surface area contributed by atoms with Crippen molar-refractivity contribution in [3.8, 4) is 0 Å². The van der Waals surface area contributed by atoms with Gasteiger partial charge in [-0.3, -0.25) is 9.59 Å². The van der Waals surface area contributed by atoms with Crippen LogP contribution in [-0.4, -0.2) is 46.2 Å². The van der Waals surface area contributed by atoms with Crippen LogP contribution in [0.5, 0.6) is 0 Å². The molecule has 2 amide bonds. The van der Waals surface area contributed by atoms with Crippen molar-refractivity contribution < 1.29 is 19.2 Å². The highest BCUT2D eigenvalue weighted by atomic mass is 16.5. The lowest BCUT2D eigenvalue weighted by atomic mass is 10.0. The number of aliphatic hydroxyl groups excluding tert-OH is 1. The number of likely N-dealkylation sites (tertiary alicyclic amines) is 1. The fourth-order valence-electron chi connectivity index (χ4n) is 3.61. The molecule has 1 saturated heterocycles. The minimum Gasteiger partial charge on any atom is -0.391 e. The number of hydrogen-bond donors (Lipinski definition) is 2. The molecule has 4 rings (SSSR count). The average molecular weight is 383 g/mol. The lowest BCUT2D eigenvalue weighted by molar-refractivity contribution is -0.129. The molecule has 1 aliphatic carbocycles. The van der Waals surface area contributed by atoms with Crippen LogP contribution in [0.3, 0.4) is 0 Å². The number of nitrogens with zero attached hydrogens (tertiary/aromatic N) is 2. The number of β-amino-alcohol motifs (C(OH)–C–C–N with tert-alkyl or cyclic N) is 1. The molecule has 0 spiro atoms. The number of aryl methyl sites for hydroxylation is 1. The fourth-order valence-corrected chi connectivity index (χ4v) is 3.61. The molecule has 7 heteroatoms. The smallest absolute Gasteiger partial charge is 0.227 e. The van der Waals surface area contributed by atoms with E-state index in [0.717, 1.165) is 35.5 Å². The topological polar surface area (TPSA) is 95.7 Å². The van der Waals surface area contributed by atoms with E-state index in [0.29, 0.717) is 19.5 Å². The molecule has 7 nitrogen and oxygen atoms in total. The number of amides is 2. The molecule has 0 radical (unpaired) electrons. The minimum absolute atomic E-state index is 0.00920. The molecule has 0 unspecified atom stereocenters. The number of benzene rings is 1. The van der Waals surface area contributed by atoms with Gasteiger partial charge in [-0.15, -0.1) is 0 Å². The maximum atomic E-state index is 12.6. The Kier molecular flexibility index (Phi) is 5.17. The predicted octanol–water partition coefficient (Wildman–Crippen LogP) is 1.94. The van der Waals surface area contributed by atoms with Gasteiger partial charge in [-0.1, -0.05) is 17.3 Å². The number of rotatable bonds is 6. The Morgan fingerprint density at radius 3 is 2.64 bits per heavy atom. The molecule has 1 aromatic carbocycles. The Morgan fingerprint density at radius 1 is 1.25 bits per heavy atom. The maximum absolute atomic E-state index is 12.6. The molecule has 1 aromatic heterocycles. The van der Waals surface area contributed by atoms with Gasteiger partial charge in [0, 0.05) is 43.1 Å². The summed E-state index contributed by atoms with van der Waals surface area (Å²) >= 11 is 0. The zero-order chi connectivity index (χ0) is 19.7. The van der Waals surface area contributed by atoms with Gasteiger partial charge in [-0.2, -0.15) is 0 Å². The molecule has 2 fully saturated rings. The first kappa shape index (κ1) is 18.7. The summed E-state index contributed by atoms with van der Waals surface area (Å²) in [5, 5.41) is 17.1. The predicted molar refractivity (Wildman–Crippen MR) is 103 cm³/mol. The second-order valence-corrected chi connectivity index (χ2v) is 7.90. The van der Waals surface area contributed by atoms with Crippen LogP contribution < -0.4 is 5.32 Å². The third-order valence-corrected chi connectivity index (χ3v) is 5.42. The van der Waals surface area contributed by atoms with E-state index in [2.05, 4.69) is 10.5 Å². The summed E-state index contributed by atoms with van der Waals surface area (Å²) < 4.78 is 5.23. The van der Waals surface area contributed by atoms with Crippen LogP contribution >= 0.6 is 0 Å². The highest BCUT2D eigenvalue weighted by molar-refractivity contribution is 5.94. The normalized spacial score (nSPS) is 21.7. The van der Waals surface area contributed by atoms with Gasteiger partial charge in [-0.25, -0.2) is 0 Å². The Labute approximate surface area is 163 Å². The quantitative estimate of drug-likeness (QED) is 0.795. The first-order chi connectivity index (χ1) is 13.5. The second-order valence-electron chi connectivity index (χ2n) is 7.90. The van der Waals surface area contributed by atoms with Crippen LogP contribution in [0.1, 0.15) is 29.9 Å². The number of anilines is 1. The van der Waals surface area contributed by atoms with E-state index in [-0.39, 0.29) is 30.1 Å². The van der Waals surface area contributed by atoms with Crippen molar-refractivity contribution in [2.45, 2.75) is 38.7 Å². The number of nitrogens with one attached hydrogen (secondary N) is 1. The van der Waals surface area contributed by atoms with Crippen LogP contribution in [0, 0.1) is 18.8 Å². The summed E-state index contributed by atoms with van der Waals surface area (Å²) in [6.45, 7) is 2.71. The number of aliphatic hydroxyl groups is 1. The standard InChI is InChI=1S/C21H25N3O4/c1-13-8-18(28-23-13)10-16-11-24(12-19(16)25)20(26)9-14-2-6-17(7-3-14)22-21(27)15-4-5-15/h2-3,6-8,15-16,19,25H,4-5,9-12H2,1H3,(H,22,27)/t16-,19+/m1/s1. The van der Waals surface area contributed by atoms with E-state index in [9.17, 15) is 14.7 Å². The zero-order valence-electron chi connectivity index (χ0n) is 15.9. The molecule has 1 aliphatic heterocycles. The summed E-state index contributed by atoms with van der Waals surface area (Å²) in [7, 11) is 0. The molecule has 2 N–H and O–H groups in total. The minimum atomic E-state index is -0.561. The van der Waals surface area contributed by atoms with Gasteiger partial charge in [0.1, 0.15) is 5.76 Å². The molecular formula is C21H25N3O4. The van der Waals surface area contributed by atoms with Crippen LogP contribution in [0.15, 0.2) is 34.9 Å². The Bertz CT molecular complexity index is 857. The molecule has 2 heterocycles. The van der Waals surface area contributed by atoms with Crippen LogP contribution in [0.25, 0.3) is 0 Å². The second kappa shape index (κ2) is 7.75. The van der Waals surface area contributed by atoms with Crippen LogP contribution in [-0.2, 0) is 22.4 Å². The largest absolute Gasteiger partial charge is 0.391 e. The number of carbonyl (C=O) groups excluding carboxylic acids is 2. The molecule has 1 saturated carbocycles. The lowest BCUT2D eigenvalue weighted by Gasteiger charge is -2.16. The Morgan fingerprint density at radius 2 is 2.00 bits per heavy atom. The van der Waals surface area contributed by atoms with E-state index < -0.39 is 6.10 Å². The van der Waals surface area contributed by atoms with Gasteiger partial charge in [0.15, 0.2) is 0 Å². The maximum Gasteiger partial charge on any atom is 0.227 e. The number of aromatic nitrogens is 1. The third-order valence-electron chi connectivity index (χ3n) is 5.42. The van der Waals surface area contributed by atoms with Crippen LogP contribution in [0.2, 0.25) is 0 Å². The SMILES string of the molecule is Cc1cc(C[C@@H]2CN(C(=O)Cc3ccc(NC(=O)C4CC4)cc3)C[C@@H]2O)on1. The summed E-state index contributed by atoms with van der Waals surface area (Å²) in [5.74, 6) is 0.917. The summed E-state index contributed by atoms with van der Waals surface area (Å²) in [6.07, 6.45) is 2.22. The lowest BCUT2D eigenvalue weighted by Crippen LogP contribution is -2.31. The first-order valence-corrected chi connectivity index (χ1v) is 9.76. The van der Waals surface area contributed by atoms with Crippen molar-refractivity contribution in [1.29, 1.82) is 0 Å². The van der Waals surface area contributed by atoms with Crippen molar-refractivity contribution in [3.63, 3.8) is 0 Å². The average Bonchev–Trinajstić information content (AvgIpc) is 3.35.